The molecule has 21 heavy (non-hydrogen) atoms. The zero-order chi connectivity index (χ0) is 15.7. The first kappa shape index (κ1) is 18.5. The summed E-state index contributed by atoms with van der Waals surface area (Å²) in [5.41, 5.74) is 1.17. The third-order valence-electron chi connectivity index (χ3n) is 3.27. The standard InChI is InChI=1S/C17H28BrNO2/c1-5-19-14(4)16-12-15(18)6-7-17(16)21-11-10-20-9-8-13(2)3/h6-7,12-14,19H,5,8-11H2,1-4H3. The van der Waals surface area contributed by atoms with Gasteiger partial charge in [0.05, 0.1) is 6.61 Å². The fraction of sp³-hybridized carbons (Fsp3) is 0.647. The van der Waals surface area contributed by atoms with E-state index in [9.17, 15) is 0 Å². The Labute approximate surface area is 137 Å². The van der Waals surface area contributed by atoms with Crippen LogP contribution in [0.5, 0.6) is 5.75 Å². The van der Waals surface area contributed by atoms with Crippen LogP contribution in [0.2, 0.25) is 0 Å². The van der Waals surface area contributed by atoms with Gasteiger partial charge in [-0.2, -0.15) is 0 Å². The largest absolute Gasteiger partial charge is 0.491 e. The summed E-state index contributed by atoms with van der Waals surface area (Å²) in [6.07, 6.45) is 1.10. The average Bonchev–Trinajstić information content (AvgIpc) is 2.43. The summed E-state index contributed by atoms with van der Waals surface area (Å²) < 4.78 is 12.5. The fourth-order valence-corrected chi connectivity index (χ4v) is 2.42. The Morgan fingerprint density at radius 1 is 1.14 bits per heavy atom. The van der Waals surface area contributed by atoms with E-state index in [4.69, 9.17) is 9.47 Å². The van der Waals surface area contributed by atoms with Gasteiger partial charge < -0.3 is 14.8 Å². The fourth-order valence-electron chi connectivity index (χ4n) is 2.04. The molecule has 120 valence electrons. The van der Waals surface area contributed by atoms with Gasteiger partial charge in [0.1, 0.15) is 12.4 Å². The number of hydrogen-bond acceptors (Lipinski definition) is 3. The second-order valence-electron chi connectivity index (χ2n) is 5.60. The molecule has 1 N–H and O–H groups in total. The number of benzene rings is 1. The minimum atomic E-state index is 0.268. The van der Waals surface area contributed by atoms with Gasteiger partial charge >= 0.3 is 0 Å². The summed E-state index contributed by atoms with van der Waals surface area (Å²) in [6, 6.07) is 6.41. The van der Waals surface area contributed by atoms with Crippen LogP contribution < -0.4 is 10.1 Å². The lowest BCUT2D eigenvalue weighted by atomic mass is 10.1. The molecule has 0 saturated carbocycles. The second-order valence-corrected chi connectivity index (χ2v) is 6.52. The van der Waals surface area contributed by atoms with Crippen molar-refractivity contribution in [1.29, 1.82) is 0 Å². The molecule has 0 saturated heterocycles. The van der Waals surface area contributed by atoms with Gasteiger partial charge in [-0.25, -0.2) is 0 Å². The van der Waals surface area contributed by atoms with E-state index in [-0.39, 0.29) is 6.04 Å². The Hall–Kier alpha value is -0.580. The van der Waals surface area contributed by atoms with Crippen molar-refractivity contribution in [2.45, 2.75) is 40.2 Å². The maximum absolute atomic E-state index is 5.88. The molecule has 0 aliphatic carbocycles. The first-order valence-electron chi connectivity index (χ1n) is 7.78. The van der Waals surface area contributed by atoms with E-state index in [2.05, 4.69) is 55.0 Å². The van der Waals surface area contributed by atoms with E-state index < -0.39 is 0 Å². The molecule has 0 radical (unpaired) electrons. The molecular formula is C17H28BrNO2. The minimum Gasteiger partial charge on any atom is -0.491 e. The van der Waals surface area contributed by atoms with Crippen LogP contribution >= 0.6 is 15.9 Å². The molecule has 0 amide bonds. The molecule has 4 heteroatoms. The van der Waals surface area contributed by atoms with Crippen molar-refractivity contribution >= 4 is 15.9 Å². The van der Waals surface area contributed by atoms with Crippen molar-refractivity contribution in [3.05, 3.63) is 28.2 Å². The van der Waals surface area contributed by atoms with Crippen LogP contribution in [-0.4, -0.2) is 26.4 Å². The summed E-state index contributed by atoms with van der Waals surface area (Å²) in [4.78, 5) is 0. The van der Waals surface area contributed by atoms with Crippen LogP contribution in [-0.2, 0) is 4.74 Å². The SMILES string of the molecule is CCNC(C)c1cc(Br)ccc1OCCOCCC(C)C. The number of nitrogens with one attached hydrogen (secondary N) is 1. The molecule has 1 atom stereocenters. The molecule has 0 spiro atoms. The Kier molecular flexibility index (Phi) is 8.97. The first-order chi connectivity index (χ1) is 10.0. The van der Waals surface area contributed by atoms with Gasteiger partial charge in [0.15, 0.2) is 0 Å². The number of hydrogen-bond donors (Lipinski definition) is 1. The van der Waals surface area contributed by atoms with E-state index in [1.54, 1.807) is 0 Å². The molecule has 1 aromatic rings. The highest BCUT2D eigenvalue weighted by molar-refractivity contribution is 9.10. The lowest BCUT2D eigenvalue weighted by Crippen LogP contribution is -2.19. The summed E-state index contributed by atoms with van der Waals surface area (Å²) in [5.74, 6) is 1.61. The molecule has 0 aliphatic rings. The van der Waals surface area contributed by atoms with Crippen LogP contribution in [0.1, 0.15) is 45.7 Å². The molecule has 0 aromatic heterocycles. The average molecular weight is 358 g/mol. The molecule has 0 fully saturated rings. The Balaban J connectivity index is 2.46. The van der Waals surface area contributed by atoms with Crippen molar-refractivity contribution < 1.29 is 9.47 Å². The highest BCUT2D eigenvalue weighted by Crippen LogP contribution is 2.28. The van der Waals surface area contributed by atoms with E-state index in [1.165, 1.54) is 5.56 Å². The van der Waals surface area contributed by atoms with Crippen molar-refractivity contribution in [1.82, 2.24) is 5.32 Å². The predicted octanol–water partition coefficient (Wildman–Crippen LogP) is 4.56. The number of ether oxygens (including phenoxy) is 2. The zero-order valence-electron chi connectivity index (χ0n) is 13.6. The highest BCUT2D eigenvalue weighted by Gasteiger charge is 2.11. The Morgan fingerprint density at radius 3 is 2.57 bits per heavy atom. The quantitative estimate of drug-likeness (QED) is 0.622. The molecule has 3 nitrogen and oxygen atoms in total. The molecule has 0 aliphatic heterocycles. The summed E-state index contributed by atoms with van der Waals surface area (Å²) >= 11 is 3.52. The van der Waals surface area contributed by atoms with Crippen molar-refractivity contribution in [2.24, 2.45) is 5.92 Å². The topological polar surface area (TPSA) is 30.5 Å². The normalized spacial score (nSPS) is 12.7. The summed E-state index contributed by atoms with van der Waals surface area (Å²) in [5, 5.41) is 3.42. The lowest BCUT2D eigenvalue weighted by molar-refractivity contribution is 0.0921. The molecule has 1 unspecified atom stereocenters. The van der Waals surface area contributed by atoms with Gasteiger partial charge in [0.25, 0.3) is 0 Å². The molecule has 0 heterocycles. The van der Waals surface area contributed by atoms with Crippen molar-refractivity contribution in [3.63, 3.8) is 0 Å². The maximum atomic E-state index is 5.88. The van der Waals surface area contributed by atoms with Gasteiger partial charge in [-0.15, -0.1) is 0 Å². The second kappa shape index (κ2) is 10.2. The highest BCUT2D eigenvalue weighted by atomic mass is 79.9. The molecule has 1 rings (SSSR count). The first-order valence-corrected chi connectivity index (χ1v) is 8.57. The lowest BCUT2D eigenvalue weighted by Gasteiger charge is -2.18. The van der Waals surface area contributed by atoms with Crippen LogP contribution in [0, 0.1) is 5.92 Å². The zero-order valence-corrected chi connectivity index (χ0v) is 15.2. The number of rotatable bonds is 10. The van der Waals surface area contributed by atoms with Crippen LogP contribution in [0.25, 0.3) is 0 Å². The number of halogens is 1. The van der Waals surface area contributed by atoms with E-state index in [1.807, 2.05) is 12.1 Å². The van der Waals surface area contributed by atoms with Gasteiger partial charge in [-0.3, -0.25) is 0 Å². The molecule has 1 aromatic carbocycles. The predicted molar refractivity (Wildman–Crippen MR) is 92.0 cm³/mol. The third-order valence-corrected chi connectivity index (χ3v) is 3.77. The summed E-state index contributed by atoms with van der Waals surface area (Å²) in [7, 11) is 0. The van der Waals surface area contributed by atoms with Crippen LogP contribution in [0.15, 0.2) is 22.7 Å². The van der Waals surface area contributed by atoms with Crippen molar-refractivity contribution in [2.75, 3.05) is 26.4 Å². The van der Waals surface area contributed by atoms with Crippen LogP contribution in [0.4, 0.5) is 0 Å². The van der Waals surface area contributed by atoms with Gasteiger partial charge in [0, 0.05) is 22.7 Å². The van der Waals surface area contributed by atoms with E-state index >= 15 is 0 Å². The summed E-state index contributed by atoms with van der Waals surface area (Å²) in [6.45, 7) is 11.6. The minimum absolute atomic E-state index is 0.268. The van der Waals surface area contributed by atoms with E-state index in [0.717, 1.165) is 29.8 Å². The Morgan fingerprint density at radius 2 is 1.90 bits per heavy atom. The van der Waals surface area contributed by atoms with Gasteiger partial charge in [0.2, 0.25) is 0 Å². The Bertz CT molecular complexity index is 410. The smallest absolute Gasteiger partial charge is 0.124 e. The van der Waals surface area contributed by atoms with Crippen molar-refractivity contribution in [3.8, 4) is 5.75 Å². The third kappa shape index (κ3) is 7.30. The molecule has 0 bridgehead atoms. The maximum Gasteiger partial charge on any atom is 0.124 e. The van der Waals surface area contributed by atoms with Crippen LogP contribution in [0.3, 0.4) is 0 Å². The van der Waals surface area contributed by atoms with Gasteiger partial charge in [-0.1, -0.05) is 36.7 Å². The van der Waals surface area contributed by atoms with Gasteiger partial charge in [-0.05, 0) is 44.0 Å². The monoisotopic (exact) mass is 357 g/mol. The molecular weight excluding hydrogens is 330 g/mol. The van der Waals surface area contributed by atoms with E-state index in [0.29, 0.717) is 19.1 Å².